The molecule has 0 amide bonds. The van der Waals surface area contributed by atoms with Crippen LogP contribution in [-0.2, 0) is 0 Å². The highest BCUT2D eigenvalue weighted by atomic mass is 16.3. The highest BCUT2D eigenvalue weighted by Gasteiger charge is 2.10. The quantitative estimate of drug-likeness (QED) is 0.330. The van der Waals surface area contributed by atoms with Crippen molar-refractivity contribution in [2.45, 2.75) is 25.9 Å². The minimum atomic E-state index is -0.254. The van der Waals surface area contributed by atoms with Crippen molar-refractivity contribution in [2.24, 2.45) is 17.2 Å². The van der Waals surface area contributed by atoms with E-state index in [1.807, 2.05) is 6.92 Å². The van der Waals surface area contributed by atoms with Crippen molar-refractivity contribution >= 4 is 0 Å². The first-order valence-corrected chi connectivity index (χ1v) is 7.40. The molecule has 0 radical (unpaired) electrons. The fraction of sp³-hybridized carbons (Fsp3) is 1.00. The zero-order valence-electron chi connectivity index (χ0n) is 12.4. The summed E-state index contributed by atoms with van der Waals surface area (Å²) in [6.07, 6.45) is 1.58. The number of nitrogens with zero attached hydrogens (tertiary/aromatic N) is 2. The first kappa shape index (κ1) is 18.8. The van der Waals surface area contributed by atoms with Gasteiger partial charge in [-0.25, -0.2) is 0 Å². The maximum Gasteiger partial charge on any atom is 0.0664 e. The zero-order valence-corrected chi connectivity index (χ0v) is 12.4. The molecule has 1 atom stereocenters. The molecule has 19 heavy (non-hydrogen) atoms. The zero-order chi connectivity index (χ0) is 14.5. The molecule has 0 rings (SSSR count). The minimum Gasteiger partial charge on any atom is -0.392 e. The van der Waals surface area contributed by atoms with Crippen LogP contribution in [0.3, 0.4) is 0 Å². The van der Waals surface area contributed by atoms with Crippen LogP contribution in [0.4, 0.5) is 0 Å². The van der Waals surface area contributed by atoms with Crippen molar-refractivity contribution in [1.82, 2.24) is 9.80 Å². The van der Waals surface area contributed by atoms with E-state index in [1.54, 1.807) is 0 Å². The van der Waals surface area contributed by atoms with Gasteiger partial charge in [-0.3, -0.25) is 4.90 Å². The predicted molar refractivity (Wildman–Crippen MR) is 81.0 cm³/mol. The molecule has 0 aliphatic heterocycles. The van der Waals surface area contributed by atoms with Crippen LogP contribution in [0.15, 0.2) is 0 Å². The lowest BCUT2D eigenvalue weighted by Crippen LogP contribution is -2.39. The normalized spacial score (nSPS) is 13.4. The van der Waals surface area contributed by atoms with Gasteiger partial charge in [0, 0.05) is 45.8 Å². The third-order valence-electron chi connectivity index (χ3n) is 3.22. The van der Waals surface area contributed by atoms with Gasteiger partial charge in [0.25, 0.3) is 0 Å². The number of hydrogen-bond acceptors (Lipinski definition) is 6. The van der Waals surface area contributed by atoms with Crippen molar-refractivity contribution in [1.29, 1.82) is 0 Å². The molecular formula is C13H33N5O. The highest BCUT2D eigenvalue weighted by molar-refractivity contribution is 4.66. The van der Waals surface area contributed by atoms with Crippen molar-refractivity contribution in [3.63, 3.8) is 0 Å². The minimum absolute atomic E-state index is 0.254. The summed E-state index contributed by atoms with van der Waals surface area (Å²) in [6, 6.07) is 0. The second kappa shape index (κ2) is 12.8. The molecular weight excluding hydrogens is 242 g/mol. The average Bonchev–Trinajstić information content (AvgIpc) is 2.39. The molecule has 0 aromatic carbocycles. The lowest BCUT2D eigenvalue weighted by atomic mass is 10.2. The Morgan fingerprint density at radius 3 is 1.79 bits per heavy atom. The van der Waals surface area contributed by atoms with E-state index in [1.165, 1.54) is 0 Å². The molecule has 1 unspecified atom stereocenters. The molecule has 6 heteroatoms. The van der Waals surface area contributed by atoms with E-state index in [0.717, 1.165) is 45.6 Å². The van der Waals surface area contributed by atoms with Gasteiger partial charge in [0.15, 0.2) is 0 Å². The van der Waals surface area contributed by atoms with Crippen molar-refractivity contribution < 1.29 is 5.11 Å². The van der Waals surface area contributed by atoms with Crippen LogP contribution < -0.4 is 17.2 Å². The van der Waals surface area contributed by atoms with Crippen LogP contribution >= 0.6 is 0 Å². The molecule has 0 aliphatic carbocycles. The first-order chi connectivity index (χ1) is 9.17. The predicted octanol–water partition coefficient (Wildman–Crippen LogP) is -1.37. The van der Waals surface area contributed by atoms with Gasteiger partial charge in [-0.05, 0) is 25.9 Å². The Hall–Kier alpha value is -0.240. The number of aliphatic hydroxyl groups excluding tert-OH is 1. The molecule has 0 aromatic rings. The van der Waals surface area contributed by atoms with Gasteiger partial charge in [-0.15, -0.1) is 0 Å². The monoisotopic (exact) mass is 275 g/mol. The highest BCUT2D eigenvalue weighted by Crippen LogP contribution is 1.99. The third kappa shape index (κ3) is 10.2. The summed E-state index contributed by atoms with van der Waals surface area (Å²) in [5, 5.41) is 9.71. The fourth-order valence-corrected chi connectivity index (χ4v) is 2.12. The van der Waals surface area contributed by atoms with E-state index >= 15 is 0 Å². The molecule has 7 N–H and O–H groups in total. The molecule has 0 saturated heterocycles. The summed E-state index contributed by atoms with van der Waals surface area (Å²) in [5.74, 6) is 0. The number of rotatable bonds is 13. The van der Waals surface area contributed by atoms with E-state index < -0.39 is 0 Å². The Morgan fingerprint density at radius 1 is 0.842 bits per heavy atom. The van der Waals surface area contributed by atoms with Crippen LogP contribution in [0.1, 0.15) is 19.8 Å². The van der Waals surface area contributed by atoms with Crippen molar-refractivity contribution in [3.8, 4) is 0 Å². The maximum atomic E-state index is 9.71. The number of aliphatic hydroxyl groups is 1. The second-order valence-corrected chi connectivity index (χ2v) is 4.92. The van der Waals surface area contributed by atoms with E-state index in [-0.39, 0.29) is 6.10 Å². The number of hydrogen-bond donors (Lipinski definition) is 4. The molecule has 6 nitrogen and oxygen atoms in total. The first-order valence-electron chi connectivity index (χ1n) is 7.40. The molecule has 116 valence electrons. The lowest BCUT2D eigenvalue weighted by Gasteiger charge is -2.26. The van der Waals surface area contributed by atoms with Crippen LogP contribution in [0.25, 0.3) is 0 Å². The molecule has 0 saturated carbocycles. The smallest absolute Gasteiger partial charge is 0.0664 e. The lowest BCUT2D eigenvalue weighted by molar-refractivity contribution is 0.108. The Balaban J connectivity index is 3.94. The van der Waals surface area contributed by atoms with Crippen LogP contribution in [0.5, 0.6) is 0 Å². The molecule has 0 fully saturated rings. The van der Waals surface area contributed by atoms with Gasteiger partial charge in [-0.1, -0.05) is 6.92 Å². The summed E-state index contributed by atoms with van der Waals surface area (Å²) in [6.45, 7) is 9.25. The van der Waals surface area contributed by atoms with E-state index in [0.29, 0.717) is 26.2 Å². The maximum absolute atomic E-state index is 9.71. The largest absolute Gasteiger partial charge is 0.392 e. The molecule has 0 spiro atoms. The molecule has 0 heterocycles. The van der Waals surface area contributed by atoms with E-state index in [4.69, 9.17) is 17.2 Å². The molecule has 0 aromatic heterocycles. The van der Waals surface area contributed by atoms with Gasteiger partial charge in [0.2, 0.25) is 0 Å². The fourth-order valence-electron chi connectivity index (χ4n) is 2.12. The summed E-state index contributed by atoms with van der Waals surface area (Å²) in [7, 11) is 0. The summed E-state index contributed by atoms with van der Waals surface area (Å²) >= 11 is 0. The Bertz CT molecular complexity index is 188. The van der Waals surface area contributed by atoms with E-state index in [9.17, 15) is 5.11 Å². The SMILES string of the molecule is CCC(O)CN(CCN)CCCN(CCN)CCN. The number of nitrogens with two attached hydrogens (primary N) is 3. The summed E-state index contributed by atoms with van der Waals surface area (Å²) < 4.78 is 0. The Morgan fingerprint density at radius 2 is 1.32 bits per heavy atom. The summed E-state index contributed by atoms with van der Waals surface area (Å²) in [5.41, 5.74) is 16.8. The average molecular weight is 275 g/mol. The van der Waals surface area contributed by atoms with E-state index in [2.05, 4.69) is 9.80 Å². The Labute approximate surface area is 117 Å². The third-order valence-corrected chi connectivity index (χ3v) is 3.22. The molecule has 0 bridgehead atoms. The van der Waals surface area contributed by atoms with Crippen LogP contribution in [0.2, 0.25) is 0 Å². The van der Waals surface area contributed by atoms with Gasteiger partial charge < -0.3 is 27.2 Å². The van der Waals surface area contributed by atoms with Crippen LogP contribution in [0, 0.1) is 0 Å². The van der Waals surface area contributed by atoms with Gasteiger partial charge in [-0.2, -0.15) is 0 Å². The van der Waals surface area contributed by atoms with Crippen LogP contribution in [-0.4, -0.2) is 79.9 Å². The van der Waals surface area contributed by atoms with Gasteiger partial charge in [0.1, 0.15) is 0 Å². The van der Waals surface area contributed by atoms with Gasteiger partial charge >= 0.3 is 0 Å². The van der Waals surface area contributed by atoms with Crippen molar-refractivity contribution in [2.75, 3.05) is 58.9 Å². The molecule has 0 aliphatic rings. The summed E-state index contributed by atoms with van der Waals surface area (Å²) in [4.78, 5) is 4.52. The van der Waals surface area contributed by atoms with Crippen molar-refractivity contribution in [3.05, 3.63) is 0 Å². The second-order valence-electron chi connectivity index (χ2n) is 4.92. The standard InChI is InChI=1S/C13H33N5O/c1-2-13(19)12-18(11-6-16)8-3-7-17(9-4-14)10-5-15/h13,19H,2-12,14-16H2,1H3. The Kier molecular flexibility index (Phi) is 12.6. The topological polar surface area (TPSA) is 105 Å². The van der Waals surface area contributed by atoms with Gasteiger partial charge in [0.05, 0.1) is 6.10 Å².